The van der Waals surface area contributed by atoms with Crippen molar-refractivity contribution in [1.82, 2.24) is 0 Å². The highest BCUT2D eigenvalue weighted by Gasteiger charge is 2.17. The molecule has 1 atom stereocenters. The van der Waals surface area contributed by atoms with Gasteiger partial charge in [-0.15, -0.1) is 17.8 Å². The number of thiophene rings is 1. The summed E-state index contributed by atoms with van der Waals surface area (Å²) in [5.41, 5.74) is 2.99. The van der Waals surface area contributed by atoms with Gasteiger partial charge in [0.25, 0.3) is 0 Å². The molecule has 1 aromatic rings. The van der Waals surface area contributed by atoms with E-state index in [9.17, 15) is 0 Å². The maximum absolute atomic E-state index is 5.45. The van der Waals surface area contributed by atoms with Crippen LogP contribution in [0.4, 0.5) is 0 Å². The molecule has 0 aromatic carbocycles. The van der Waals surface area contributed by atoms with Gasteiger partial charge in [0.15, 0.2) is 0 Å². The minimum Gasteiger partial charge on any atom is -0.148 e. The van der Waals surface area contributed by atoms with Gasteiger partial charge in [0, 0.05) is 10.8 Å². The van der Waals surface area contributed by atoms with E-state index in [2.05, 4.69) is 18.2 Å². The van der Waals surface area contributed by atoms with Gasteiger partial charge >= 0.3 is 0 Å². The van der Waals surface area contributed by atoms with Crippen LogP contribution in [0.15, 0.2) is 5.38 Å². The van der Waals surface area contributed by atoms with Crippen molar-refractivity contribution < 1.29 is 0 Å². The van der Waals surface area contributed by atoms with Gasteiger partial charge in [-0.2, -0.15) is 0 Å². The van der Waals surface area contributed by atoms with Crippen LogP contribution in [0.2, 0.25) is 0 Å². The van der Waals surface area contributed by atoms with Gasteiger partial charge in [0.1, 0.15) is 0 Å². The van der Waals surface area contributed by atoms with Crippen LogP contribution in [-0.2, 0) is 12.8 Å². The van der Waals surface area contributed by atoms with Crippen molar-refractivity contribution in [3.05, 3.63) is 21.4 Å². The van der Waals surface area contributed by atoms with E-state index in [1.54, 1.807) is 10.4 Å². The van der Waals surface area contributed by atoms with E-state index in [0.29, 0.717) is 5.92 Å². The first-order chi connectivity index (χ1) is 6.33. The lowest BCUT2D eigenvalue weighted by atomic mass is 9.91. The fourth-order valence-corrected chi connectivity index (χ4v) is 3.21. The Morgan fingerprint density at radius 3 is 3.00 bits per heavy atom. The third-order valence-electron chi connectivity index (χ3n) is 2.81. The van der Waals surface area contributed by atoms with Gasteiger partial charge in [0.05, 0.1) is 0 Å². The van der Waals surface area contributed by atoms with Crippen LogP contribution in [-0.4, -0.2) is 0 Å². The average Bonchev–Trinajstić information content (AvgIpc) is 2.60. The van der Waals surface area contributed by atoms with E-state index in [1.807, 2.05) is 11.3 Å². The van der Waals surface area contributed by atoms with E-state index in [0.717, 1.165) is 0 Å². The monoisotopic (exact) mass is 190 g/mol. The third kappa shape index (κ3) is 1.51. The number of rotatable bonds is 1. The Bertz CT molecular complexity index is 340. The minimum atomic E-state index is 0.304. The Morgan fingerprint density at radius 2 is 2.23 bits per heavy atom. The second-order valence-electron chi connectivity index (χ2n) is 3.69. The van der Waals surface area contributed by atoms with Gasteiger partial charge in [0.2, 0.25) is 0 Å². The molecule has 0 nitrogen and oxygen atoms in total. The van der Waals surface area contributed by atoms with E-state index in [-0.39, 0.29) is 0 Å². The summed E-state index contributed by atoms with van der Waals surface area (Å²) < 4.78 is 0. The predicted octanol–water partition coefficient (Wildman–Crippen LogP) is 3.36. The normalized spacial score (nSPS) is 17.5. The highest BCUT2D eigenvalue weighted by molar-refractivity contribution is 7.10. The first-order valence-corrected chi connectivity index (χ1v) is 5.76. The van der Waals surface area contributed by atoms with Crippen molar-refractivity contribution in [1.29, 1.82) is 0 Å². The topological polar surface area (TPSA) is 0 Å². The zero-order chi connectivity index (χ0) is 9.26. The summed E-state index contributed by atoms with van der Waals surface area (Å²) in [7, 11) is 0. The van der Waals surface area contributed by atoms with Crippen molar-refractivity contribution >= 4 is 11.3 Å². The second-order valence-corrected chi connectivity index (χ2v) is 4.65. The molecule has 0 aliphatic heterocycles. The second kappa shape index (κ2) is 3.55. The SMILES string of the molecule is C#CC(C)c1csc2c1CCCC2. The molecule has 68 valence electrons. The van der Waals surface area contributed by atoms with Crippen LogP contribution in [0, 0.1) is 12.3 Å². The van der Waals surface area contributed by atoms with E-state index in [1.165, 1.54) is 31.2 Å². The molecule has 0 radical (unpaired) electrons. The molecule has 13 heavy (non-hydrogen) atoms. The predicted molar refractivity (Wildman–Crippen MR) is 58.2 cm³/mol. The lowest BCUT2D eigenvalue weighted by Gasteiger charge is -2.13. The molecule has 0 saturated heterocycles. The molecule has 0 spiro atoms. The quantitative estimate of drug-likeness (QED) is 0.596. The van der Waals surface area contributed by atoms with Crippen LogP contribution in [0.1, 0.15) is 41.7 Å². The van der Waals surface area contributed by atoms with Gasteiger partial charge in [-0.05, 0) is 49.1 Å². The molecule has 1 heteroatoms. The first-order valence-electron chi connectivity index (χ1n) is 4.88. The third-order valence-corrected chi connectivity index (χ3v) is 3.92. The summed E-state index contributed by atoms with van der Waals surface area (Å²) in [6.45, 7) is 2.12. The number of hydrogen-bond acceptors (Lipinski definition) is 1. The molecule has 0 saturated carbocycles. The Hall–Kier alpha value is -0.740. The molecular weight excluding hydrogens is 176 g/mol. The number of terminal acetylenes is 1. The highest BCUT2D eigenvalue weighted by atomic mass is 32.1. The molecule has 1 aliphatic rings. The van der Waals surface area contributed by atoms with Crippen LogP contribution >= 0.6 is 11.3 Å². The van der Waals surface area contributed by atoms with E-state index in [4.69, 9.17) is 6.42 Å². The molecule has 2 rings (SSSR count). The zero-order valence-corrected chi connectivity index (χ0v) is 8.79. The van der Waals surface area contributed by atoms with Crippen LogP contribution in [0.5, 0.6) is 0 Å². The Morgan fingerprint density at radius 1 is 1.46 bits per heavy atom. The Balaban J connectivity index is 2.38. The summed E-state index contributed by atoms with van der Waals surface area (Å²) in [5, 5.41) is 2.26. The summed E-state index contributed by atoms with van der Waals surface area (Å²) in [4.78, 5) is 1.59. The molecule has 1 aromatic heterocycles. The lowest BCUT2D eigenvalue weighted by Crippen LogP contribution is -2.02. The molecule has 1 heterocycles. The van der Waals surface area contributed by atoms with Gasteiger partial charge < -0.3 is 0 Å². The Kier molecular flexibility index (Phi) is 2.42. The Labute approximate surface area is 84.0 Å². The number of aryl methyl sites for hydroxylation is 1. The van der Waals surface area contributed by atoms with E-state index < -0.39 is 0 Å². The number of fused-ring (bicyclic) bond motifs is 1. The van der Waals surface area contributed by atoms with Crippen LogP contribution in [0.25, 0.3) is 0 Å². The average molecular weight is 190 g/mol. The maximum Gasteiger partial charge on any atom is 0.0432 e. The molecule has 0 N–H and O–H groups in total. The largest absolute Gasteiger partial charge is 0.148 e. The van der Waals surface area contributed by atoms with Crippen LogP contribution in [0.3, 0.4) is 0 Å². The molecule has 0 bridgehead atoms. The summed E-state index contributed by atoms with van der Waals surface area (Å²) in [5.74, 6) is 3.13. The summed E-state index contributed by atoms with van der Waals surface area (Å²) in [6.07, 6.45) is 10.7. The van der Waals surface area contributed by atoms with E-state index >= 15 is 0 Å². The molecular formula is C12H14S. The standard InChI is InChI=1S/C12H14S/c1-3-9(2)11-8-13-12-7-5-4-6-10(11)12/h1,8-9H,4-7H2,2H3. The summed E-state index contributed by atoms with van der Waals surface area (Å²) in [6, 6.07) is 0. The van der Waals surface area contributed by atoms with Crippen molar-refractivity contribution in [2.24, 2.45) is 0 Å². The molecule has 0 fully saturated rings. The van der Waals surface area contributed by atoms with Crippen molar-refractivity contribution in [3.8, 4) is 12.3 Å². The molecule has 1 aliphatic carbocycles. The minimum absolute atomic E-state index is 0.304. The van der Waals surface area contributed by atoms with Crippen molar-refractivity contribution in [2.45, 2.75) is 38.5 Å². The molecule has 0 amide bonds. The van der Waals surface area contributed by atoms with Crippen LogP contribution < -0.4 is 0 Å². The fraction of sp³-hybridized carbons (Fsp3) is 0.500. The van der Waals surface area contributed by atoms with Gasteiger partial charge in [-0.1, -0.05) is 5.92 Å². The van der Waals surface area contributed by atoms with Crippen molar-refractivity contribution in [2.75, 3.05) is 0 Å². The van der Waals surface area contributed by atoms with Gasteiger partial charge in [-0.3, -0.25) is 0 Å². The lowest BCUT2D eigenvalue weighted by molar-refractivity contribution is 0.689. The first kappa shape index (κ1) is 8.84. The smallest absolute Gasteiger partial charge is 0.0432 e. The zero-order valence-electron chi connectivity index (χ0n) is 7.97. The maximum atomic E-state index is 5.45. The molecule has 1 unspecified atom stereocenters. The number of hydrogen-bond donors (Lipinski definition) is 0. The van der Waals surface area contributed by atoms with Gasteiger partial charge in [-0.25, -0.2) is 0 Å². The highest BCUT2D eigenvalue weighted by Crippen LogP contribution is 2.33. The van der Waals surface area contributed by atoms with Crippen molar-refractivity contribution in [3.63, 3.8) is 0 Å². The fourth-order valence-electron chi connectivity index (χ4n) is 1.97. The summed E-state index contributed by atoms with van der Waals surface area (Å²) >= 11 is 1.90.